The first kappa shape index (κ1) is 12.9. The van der Waals surface area contributed by atoms with Crippen molar-refractivity contribution in [3.8, 4) is 0 Å². The third-order valence-electron chi connectivity index (χ3n) is 2.72. The Kier molecular flexibility index (Phi) is 3.56. The van der Waals surface area contributed by atoms with Crippen LogP contribution >= 0.6 is 11.3 Å². The van der Waals surface area contributed by atoms with E-state index in [1.807, 2.05) is 24.7 Å². The molecule has 0 aliphatic rings. The monoisotopic (exact) mass is 265 g/mol. The zero-order chi connectivity index (χ0) is 13.3. The third kappa shape index (κ3) is 2.48. The molecule has 0 bridgehead atoms. The summed E-state index contributed by atoms with van der Waals surface area (Å²) in [5.74, 6) is 0.897. The van der Waals surface area contributed by atoms with Crippen LogP contribution in [0.3, 0.4) is 0 Å². The molecule has 6 heteroatoms. The molecule has 2 rings (SSSR count). The normalized spacial score (nSPS) is 11.2. The van der Waals surface area contributed by atoms with Crippen LogP contribution in [0, 0.1) is 13.8 Å². The van der Waals surface area contributed by atoms with E-state index >= 15 is 0 Å². The maximum Gasteiger partial charge on any atom is 0.148 e. The molecule has 0 amide bonds. The average Bonchev–Trinajstić information content (AvgIpc) is 2.83. The minimum atomic E-state index is 0.284. The molecule has 0 aliphatic heterocycles. The average molecular weight is 265 g/mol. The minimum absolute atomic E-state index is 0.284. The van der Waals surface area contributed by atoms with Gasteiger partial charge in [0, 0.05) is 17.1 Å². The lowest BCUT2D eigenvalue weighted by Crippen LogP contribution is -2.10. The maximum atomic E-state index is 6.05. The molecule has 18 heavy (non-hydrogen) atoms. The van der Waals surface area contributed by atoms with Crippen molar-refractivity contribution >= 4 is 22.8 Å². The first-order chi connectivity index (χ1) is 8.49. The lowest BCUT2D eigenvalue weighted by atomic mass is 10.3. The molecular formula is C12H19N5S. The molecule has 0 aliphatic carbocycles. The molecule has 0 saturated carbocycles. The van der Waals surface area contributed by atoms with E-state index in [2.05, 4.69) is 29.2 Å². The van der Waals surface area contributed by atoms with E-state index in [9.17, 15) is 0 Å². The lowest BCUT2D eigenvalue weighted by molar-refractivity contribution is 0.534. The van der Waals surface area contributed by atoms with Crippen LogP contribution in [0.15, 0.2) is 6.20 Å². The van der Waals surface area contributed by atoms with Crippen molar-refractivity contribution in [3.05, 3.63) is 21.8 Å². The summed E-state index contributed by atoms with van der Waals surface area (Å²) in [5, 5.41) is 8.88. The SMILES string of the molecule is Cc1ncc(CNc2c(N)c(C)nn2C(C)C)s1. The Hall–Kier alpha value is -1.56. The molecule has 0 atom stereocenters. The summed E-state index contributed by atoms with van der Waals surface area (Å²) >= 11 is 1.69. The number of nitrogens with two attached hydrogens (primary N) is 1. The van der Waals surface area contributed by atoms with Gasteiger partial charge in [-0.15, -0.1) is 11.3 Å². The highest BCUT2D eigenvalue weighted by Gasteiger charge is 2.14. The van der Waals surface area contributed by atoms with Gasteiger partial charge in [0.2, 0.25) is 0 Å². The number of aromatic nitrogens is 3. The lowest BCUT2D eigenvalue weighted by Gasteiger charge is -2.12. The predicted molar refractivity (Wildman–Crippen MR) is 75.9 cm³/mol. The van der Waals surface area contributed by atoms with Crippen molar-refractivity contribution in [1.29, 1.82) is 0 Å². The Morgan fingerprint density at radius 2 is 2.17 bits per heavy atom. The van der Waals surface area contributed by atoms with Crippen molar-refractivity contribution in [2.75, 3.05) is 11.1 Å². The summed E-state index contributed by atoms with van der Waals surface area (Å²) in [6, 6.07) is 0.284. The zero-order valence-electron chi connectivity index (χ0n) is 11.2. The van der Waals surface area contributed by atoms with Crippen molar-refractivity contribution < 1.29 is 0 Å². The highest BCUT2D eigenvalue weighted by Crippen LogP contribution is 2.26. The molecule has 3 N–H and O–H groups in total. The van der Waals surface area contributed by atoms with Crippen molar-refractivity contribution in [3.63, 3.8) is 0 Å². The summed E-state index contributed by atoms with van der Waals surface area (Å²) in [7, 11) is 0. The Labute approximate surface area is 111 Å². The number of anilines is 2. The van der Waals surface area contributed by atoms with Gasteiger partial charge >= 0.3 is 0 Å². The Balaban J connectivity index is 2.18. The Morgan fingerprint density at radius 1 is 1.44 bits per heavy atom. The van der Waals surface area contributed by atoms with Gasteiger partial charge in [-0.1, -0.05) is 0 Å². The highest BCUT2D eigenvalue weighted by molar-refractivity contribution is 7.11. The summed E-state index contributed by atoms with van der Waals surface area (Å²) in [6.07, 6.45) is 1.89. The van der Waals surface area contributed by atoms with E-state index in [1.165, 1.54) is 4.88 Å². The number of aryl methyl sites for hydroxylation is 2. The van der Waals surface area contributed by atoms with E-state index in [0.717, 1.165) is 28.8 Å². The van der Waals surface area contributed by atoms with E-state index < -0.39 is 0 Å². The van der Waals surface area contributed by atoms with Crippen LogP contribution in [-0.4, -0.2) is 14.8 Å². The molecule has 2 aromatic rings. The van der Waals surface area contributed by atoms with Gasteiger partial charge in [0.1, 0.15) is 5.82 Å². The smallest absolute Gasteiger partial charge is 0.148 e. The van der Waals surface area contributed by atoms with Crippen LogP contribution in [0.1, 0.15) is 35.5 Å². The Bertz CT molecular complexity index is 541. The number of thiazole rings is 1. The molecule has 0 unspecified atom stereocenters. The second kappa shape index (κ2) is 4.97. The summed E-state index contributed by atoms with van der Waals surface area (Å²) in [5.41, 5.74) is 7.65. The number of nitrogens with zero attached hydrogens (tertiary/aromatic N) is 3. The number of nitrogen functional groups attached to an aromatic ring is 1. The van der Waals surface area contributed by atoms with Gasteiger partial charge in [-0.05, 0) is 27.7 Å². The van der Waals surface area contributed by atoms with E-state index in [0.29, 0.717) is 0 Å². The van der Waals surface area contributed by atoms with Crippen LogP contribution in [0.2, 0.25) is 0 Å². The van der Waals surface area contributed by atoms with Crippen molar-refractivity contribution in [2.24, 2.45) is 0 Å². The van der Waals surface area contributed by atoms with Crippen molar-refractivity contribution in [2.45, 2.75) is 40.3 Å². The maximum absolute atomic E-state index is 6.05. The van der Waals surface area contributed by atoms with Crippen molar-refractivity contribution in [1.82, 2.24) is 14.8 Å². The molecule has 2 heterocycles. The van der Waals surface area contributed by atoms with E-state index in [-0.39, 0.29) is 6.04 Å². The number of rotatable bonds is 4. The van der Waals surface area contributed by atoms with Crippen LogP contribution in [0.5, 0.6) is 0 Å². The molecule has 0 spiro atoms. The van der Waals surface area contributed by atoms with E-state index in [1.54, 1.807) is 11.3 Å². The molecule has 0 fully saturated rings. The summed E-state index contributed by atoms with van der Waals surface area (Å²) in [6.45, 7) is 8.84. The molecule has 0 radical (unpaired) electrons. The quantitative estimate of drug-likeness (QED) is 0.892. The largest absolute Gasteiger partial charge is 0.394 e. The van der Waals surface area contributed by atoms with Crippen LogP contribution in [0.4, 0.5) is 11.5 Å². The number of hydrogen-bond acceptors (Lipinski definition) is 5. The highest BCUT2D eigenvalue weighted by atomic mass is 32.1. The zero-order valence-corrected chi connectivity index (χ0v) is 12.0. The first-order valence-corrected chi connectivity index (χ1v) is 6.80. The molecular weight excluding hydrogens is 246 g/mol. The fraction of sp³-hybridized carbons (Fsp3) is 0.500. The summed E-state index contributed by atoms with van der Waals surface area (Å²) < 4.78 is 1.93. The molecule has 5 nitrogen and oxygen atoms in total. The van der Waals surface area contributed by atoms with Crippen LogP contribution in [-0.2, 0) is 6.54 Å². The standard InChI is InChI=1S/C12H19N5S/c1-7(2)17-12(11(13)8(3)16-17)15-6-10-5-14-9(4)18-10/h5,7,15H,6,13H2,1-4H3. The number of nitrogens with one attached hydrogen (secondary N) is 1. The van der Waals surface area contributed by atoms with Gasteiger partial charge in [0.15, 0.2) is 0 Å². The molecule has 0 saturated heterocycles. The summed E-state index contributed by atoms with van der Waals surface area (Å²) in [4.78, 5) is 5.43. The minimum Gasteiger partial charge on any atom is -0.394 e. The van der Waals surface area contributed by atoms with Gasteiger partial charge in [-0.25, -0.2) is 9.67 Å². The molecule has 2 aromatic heterocycles. The second-order valence-corrected chi connectivity index (χ2v) is 5.90. The predicted octanol–water partition coefficient (Wildman–Crippen LogP) is 2.73. The topological polar surface area (TPSA) is 68.8 Å². The molecule has 98 valence electrons. The van der Waals surface area contributed by atoms with Gasteiger partial charge in [0.05, 0.1) is 22.9 Å². The van der Waals surface area contributed by atoms with Gasteiger partial charge in [0.25, 0.3) is 0 Å². The number of hydrogen-bond donors (Lipinski definition) is 2. The molecule has 0 aromatic carbocycles. The van der Waals surface area contributed by atoms with Crippen LogP contribution < -0.4 is 11.1 Å². The van der Waals surface area contributed by atoms with Gasteiger partial charge < -0.3 is 11.1 Å². The van der Waals surface area contributed by atoms with Gasteiger partial charge in [-0.2, -0.15) is 5.10 Å². The fourth-order valence-corrected chi connectivity index (χ4v) is 2.50. The Morgan fingerprint density at radius 3 is 2.72 bits per heavy atom. The van der Waals surface area contributed by atoms with E-state index in [4.69, 9.17) is 5.73 Å². The fourth-order valence-electron chi connectivity index (χ4n) is 1.77. The first-order valence-electron chi connectivity index (χ1n) is 5.98. The van der Waals surface area contributed by atoms with Gasteiger partial charge in [-0.3, -0.25) is 0 Å². The third-order valence-corrected chi connectivity index (χ3v) is 3.63. The van der Waals surface area contributed by atoms with Crippen LogP contribution in [0.25, 0.3) is 0 Å². The second-order valence-electron chi connectivity index (χ2n) is 4.59.